The summed E-state index contributed by atoms with van der Waals surface area (Å²) in [5, 5.41) is 0. The van der Waals surface area contributed by atoms with E-state index in [-0.39, 0.29) is 0 Å². The lowest BCUT2D eigenvalue weighted by atomic mass is 9.78. The molecule has 0 unspecified atom stereocenters. The zero-order valence-electron chi connectivity index (χ0n) is 10.1. The molecule has 3 rings (SSSR count). The predicted molar refractivity (Wildman–Crippen MR) is 70.8 cm³/mol. The van der Waals surface area contributed by atoms with Gasteiger partial charge < -0.3 is 0 Å². The Bertz CT molecular complexity index is 543. The summed E-state index contributed by atoms with van der Waals surface area (Å²) in [4.78, 5) is 0. The number of hydrogen-bond acceptors (Lipinski definition) is 0. The van der Waals surface area contributed by atoms with E-state index in [9.17, 15) is 0 Å². The molecule has 0 amide bonds. The third kappa shape index (κ3) is 1.34. The monoisotopic (exact) mass is 220 g/mol. The maximum absolute atomic E-state index is 5.66. The molecule has 0 saturated heterocycles. The van der Waals surface area contributed by atoms with E-state index in [4.69, 9.17) is 12.8 Å². The molecule has 0 N–H and O–H groups in total. The predicted octanol–water partition coefficient (Wildman–Crippen LogP) is 3.41. The van der Waals surface area contributed by atoms with Crippen LogP contribution in [0, 0.1) is 24.7 Å². The van der Waals surface area contributed by atoms with E-state index >= 15 is 0 Å². The van der Waals surface area contributed by atoms with E-state index in [1.165, 1.54) is 43.2 Å². The highest BCUT2D eigenvalue weighted by atomic mass is 14.5. The second-order valence-corrected chi connectivity index (χ2v) is 5.29. The second kappa shape index (κ2) is 3.68. The first kappa shape index (κ1) is 10.5. The van der Waals surface area contributed by atoms with Crippen molar-refractivity contribution >= 4 is 0 Å². The van der Waals surface area contributed by atoms with E-state index in [1.54, 1.807) is 0 Å². The van der Waals surface area contributed by atoms with Crippen LogP contribution >= 0.6 is 0 Å². The lowest BCUT2D eigenvalue weighted by Gasteiger charge is -2.25. The minimum Gasteiger partial charge on any atom is -0.115 e. The van der Waals surface area contributed by atoms with Crippen LogP contribution in [0.3, 0.4) is 0 Å². The Hall–Kier alpha value is -1.66. The SMILES string of the molecule is C#Cc1ccc(C#C)c2c1CCC21CCCC1. The highest BCUT2D eigenvalue weighted by molar-refractivity contribution is 5.58. The van der Waals surface area contributed by atoms with Gasteiger partial charge in [0.25, 0.3) is 0 Å². The highest BCUT2D eigenvalue weighted by Crippen LogP contribution is 2.51. The van der Waals surface area contributed by atoms with Crippen LogP contribution in [0.4, 0.5) is 0 Å². The number of terminal acetylenes is 2. The summed E-state index contributed by atoms with van der Waals surface area (Å²) in [5.74, 6) is 5.68. The summed E-state index contributed by atoms with van der Waals surface area (Å²) in [6.45, 7) is 0. The van der Waals surface area contributed by atoms with Crippen molar-refractivity contribution in [2.45, 2.75) is 43.9 Å². The van der Waals surface area contributed by atoms with Gasteiger partial charge in [-0.3, -0.25) is 0 Å². The summed E-state index contributed by atoms with van der Waals surface area (Å²) in [7, 11) is 0. The molecule has 2 aliphatic carbocycles. The van der Waals surface area contributed by atoms with Crippen molar-refractivity contribution in [2.75, 3.05) is 0 Å². The Balaban J connectivity index is 2.26. The summed E-state index contributed by atoms with van der Waals surface area (Å²) in [5.41, 5.74) is 5.29. The third-order valence-corrected chi connectivity index (χ3v) is 4.57. The van der Waals surface area contributed by atoms with Crippen LogP contribution in [-0.2, 0) is 11.8 Å². The fourth-order valence-electron chi connectivity index (χ4n) is 3.81. The number of fused-ring (bicyclic) bond motifs is 2. The fourth-order valence-corrected chi connectivity index (χ4v) is 3.81. The molecule has 0 radical (unpaired) electrons. The van der Waals surface area contributed by atoms with E-state index < -0.39 is 0 Å². The minimum atomic E-state index is 0.365. The molecule has 0 nitrogen and oxygen atoms in total. The van der Waals surface area contributed by atoms with Gasteiger partial charge in [-0.15, -0.1) is 12.8 Å². The van der Waals surface area contributed by atoms with Gasteiger partial charge in [-0.1, -0.05) is 24.7 Å². The molecule has 1 aromatic carbocycles. The molecular formula is C17H16. The number of hydrogen-bond donors (Lipinski definition) is 0. The third-order valence-electron chi connectivity index (χ3n) is 4.57. The second-order valence-electron chi connectivity index (χ2n) is 5.29. The van der Waals surface area contributed by atoms with Gasteiger partial charge in [0.2, 0.25) is 0 Å². The molecule has 0 aliphatic heterocycles. The molecule has 0 heterocycles. The van der Waals surface area contributed by atoms with E-state index in [0.717, 1.165) is 17.5 Å². The number of rotatable bonds is 0. The summed E-state index contributed by atoms with van der Waals surface area (Å²) in [6.07, 6.45) is 18.9. The van der Waals surface area contributed by atoms with Crippen LogP contribution in [0.5, 0.6) is 0 Å². The average Bonchev–Trinajstić information content (AvgIpc) is 2.98. The quantitative estimate of drug-likeness (QED) is 0.588. The van der Waals surface area contributed by atoms with Crippen molar-refractivity contribution in [1.82, 2.24) is 0 Å². The maximum atomic E-state index is 5.66. The molecule has 1 spiro atoms. The first-order chi connectivity index (χ1) is 8.30. The van der Waals surface area contributed by atoms with Crippen molar-refractivity contribution in [3.63, 3.8) is 0 Å². The van der Waals surface area contributed by atoms with Gasteiger partial charge >= 0.3 is 0 Å². The van der Waals surface area contributed by atoms with Crippen LogP contribution < -0.4 is 0 Å². The van der Waals surface area contributed by atoms with Crippen molar-refractivity contribution < 1.29 is 0 Å². The summed E-state index contributed by atoms with van der Waals surface area (Å²) >= 11 is 0. The molecule has 0 aromatic heterocycles. The van der Waals surface area contributed by atoms with Crippen molar-refractivity contribution in [3.05, 3.63) is 34.4 Å². The lowest BCUT2D eigenvalue weighted by Crippen LogP contribution is -2.19. The smallest absolute Gasteiger partial charge is 0.0283 e. The summed E-state index contributed by atoms with van der Waals surface area (Å²) in [6, 6.07) is 4.06. The highest BCUT2D eigenvalue weighted by Gasteiger charge is 2.42. The minimum absolute atomic E-state index is 0.365. The molecule has 0 bridgehead atoms. The number of benzene rings is 1. The van der Waals surface area contributed by atoms with Crippen LogP contribution in [0.25, 0.3) is 0 Å². The topological polar surface area (TPSA) is 0 Å². The Morgan fingerprint density at radius 1 is 0.941 bits per heavy atom. The van der Waals surface area contributed by atoms with Crippen molar-refractivity contribution in [2.24, 2.45) is 0 Å². The van der Waals surface area contributed by atoms with Crippen LogP contribution in [-0.4, -0.2) is 0 Å². The molecule has 17 heavy (non-hydrogen) atoms. The standard InChI is InChI=1S/C17H16/c1-3-13-7-8-14(4-2)16-15(13)9-12-17(16)10-5-6-11-17/h1-2,7-8H,5-6,9-12H2. The molecule has 1 fully saturated rings. The first-order valence-corrected chi connectivity index (χ1v) is 6.40. The van der Waals surface area contributed by atoms with Crippen LogP contribution in [0.1, 0.15) is 54.4 Å². The van der Waals surface area contributed by atoms with Crippen LogP contribution in [0.2, 0.25) is 0 Å². The van der Waals surface area contributed by atoms with Crippen molar-refractivity contribution in [1.29, 1.82) is 0 Å². The van der Waals surface area contributed by atoms with E-state index in [0.29, 0.717) is 5.41 Å². The maximum Gasteiger partial charge on any atom is 0.0283 e. The molecule has 0 heteroatoms. The van der Waals surface area contributed by atoms with Gasteiger partial charge in [0.15, 0.2) is 0 Å². The molecule has 1 saturated carbocycles. The van der Waals surface area contributed by atoms with Gasteiger partial charge in [-0.05, 0) is 54.4 Å². The van der Waals surface area contributed by atoms with Gasteiger partial charge in [0.1, 0.15) is 0 Å². The average molecular weight is 220 g/mol. The summed E-state index contributed by atoms with van der Waals surface area (Å²) < 4.78 is 0. The molecular weight excluding hydrogens is 204 g/mol. The zero-order valence-corrected chi connectivity index (χ0v) is 10.1. The first-order valence-electron chi connectivity index (χ1n) is 6.40. The van der Waals surface area contributed by atoms with Gasteiger partial charge in [-0.25, -0.2) is 0 Å². The van der Waals surface area contributed by atoms with Gasteiger partial charge in [0, 0.05) is 11.1 Å². The Kier molecular flexibility index (Phi) is 2.27. The van der Waals surface area contributed by atoms with E-state index in [2.05, 4.69) is 11.8 Å². The van der Waals surface area contributed by atoms with Gasteiger partial charge in [-0.2, -0.15) is 0 Å². The Morgan fingerprint density at radius 3 is 2.24 bits per heavy atom. The normalized spacial score (nSPS) is 19.9. The Morgan fingerprint density at radius 2 is 1.59 bits per heavy atom. The molecule has 0 atom stereocenters. The zero-order chi connectivity index (χ0) is 11.9. The van der Waals surface area contributed by atoms with Crippen molar-refractivity contribution in [3.8, 4) is 24.7 Å². The molecule has 2 aliphatic rings. The fraction of sp³-hybridized carbons (Fsp3) is 0.412. The molecule has 1 aromatic rings. The lowest BCUT2D eigenvalue weighted by molar-refractivity contribution is 0.438. The van der Waals surface area contributed by atoms with Crippen LogP contribution in [0.15, 0.2) is 12.1 Å². The largest absolute Gasteiger partial charge is 0.115 e. The Labute approximate surface area is 103 Å². The van der Waals surface area contributed by atoms with E-state index in [1.807, 2.05) is 12.1 Å². The molecule has 84 valence electrons. The van der Waals surface area contributed by atoms with Gasteiger partial charge in [0.05, 0.1) is 0 Å².